The number of hydrogen-bond donors (Lipinski definition) is 1. The predicted molar refractivity (Wildman–Crippen MR) is 98.6 cm³/mol. The molecule has 1 aliphatic rings. The van der Waals surface area contributed by atoms with Crippen molar-refractivity contribution >= 4 is 24.3 Å². The quantitative estimate of drug-likeness (QED) is 0.830. The fourth-order valence-corrected chi connectivity index (χ4v) is 2.77. The van der Waals surface area contributed by atoms with Crippen LogP contribution in [0.5, 0.6) is 0 Å². The Bertz CT molecular complexity index is 550. The minimum Gasteiger partial charge on any atom is -0.383 e. The van der Waals surface area contributed by atoms with Gasteiger partial charge in [0.25, 0.3) is 0 Å². The molecule has 8 heteroatoms. The lowest BCUT2D eigenvalue weighted by molar-refractivity contribution is -0.135. The maximum absolute atomic E-state index is 12.5. The van der Waals surface area contributed by atoms with Gasteiger partial charge in [-0.1, -0.05) is 30.3 Å². The molecular weight excluding hydrogens is 344 g/mol. The van der Waals surface area contributed by atoms with Gasteiger partial charge in [0.1, 0.15) is 6.04 Å². The molecule has 0 aromatic heterocycles. The monoisotopic (exact) mass is 370 g/mol. The maximum atomic E-state index is 12.5. The number of hydrogen-bond acceptors (Lipinski definition) is 4. The van der Waals surface area contributed by atoms with Crippen molar-refractivity contribution in [2.45, 2.75) is 12.6 Å². The summed E-state index contributed by atoms with van der Waals surface area (Å²) < 4.78 is 4.92. The molecule has 1 fully saturated rings. The van der Waals surface area contributed by atoms with Crippen molar-refractivity contribution < 1.29 is 14.3 Å². The Kier molecular flexibility index (Phi) is 8.68. The van der Waals surface area contributed by atoms with Crippen LogP contribution < -0.4 is 5.73 Å². The van der Waals surface area contributed by atoms with Crippen LogP contribution in [0, 0.1) is 0 Å². The third kappa shape index (κ3) is 5.88. The summed E-state index contributed by atoms with van der Waals surface area (Å²) in [6.07, 6.45) is 0. The molecule has 1 heterocycles. The van der Waals surface area contributed by atoms with E-state index in [9.17, 15) is 9.59 Å². The molecule has 0 aliphatic carbocycles. The van der Waals surface area contributed by atoms with Gasteiger partial charge in [-0.2, -0.15) is 0 Å². The summed E-state index contributed by atoms with van der Waals surface area (Å²) in [5, 5.41) is 0. The van der Waals surface area contributed by atoms with E-state index in [1.54, 1.807) is 21.7 Å². The van der Waals surface area contributed by atoms with Gasteiger partial charge in [-0.3, -0.25) is 4.79 Å². The van der Waals surface area contributed by atoms with Gasteiger partial charge in [0.05, 0.1) is 6.61 Å². The van der Waals surface area contributed by atoms with Crippen molar-refractivity contribution in [2.24, 2.45) is 5.73 Å². The van der Waals surface area contributed by atoms with Gasteiger partial charge in [0.2, 0.25) is 5.91 Å². The van der Waals surface area contributed by atoms with Crippen LogP contribution in [-0.4, -0.2) is 79.6 Å². The SMILES string of the molecule is COCC(N)C(=O)N1CCN(C(=O)N(C)Cc2ccccc2)CC1.Cl. The number of amides is 3. The first-order valence-corrected chi connectivity index (χ1v) is 8.10. The van der Waals surface area contributed by atoms with E-state index in [0.717, 1.165) is 5.56 Å². The Morgan fingerprint density at radius 1 is 1.16 bits per heavy atom. The number of nitrogens with two attached hydrogens (primary N) is 1. The van der Waals surface area contributed by atoms with Crippen molar-refractivity contribution in [3.63, 3.8) is 0 Å². The van der Waals surface area contributed by atoms with E-state index in [2.05, 4.69) is 0 Å². The highest BCUT2D eigenvalue weighted by atomic mass is 35.5. The summed E-state index contributed by atoms with van der Waals surface area (Å²) >= 11 is 0. The summed E-state index contributed by atoms with van der Waals surface area (Å²) in [5.74, 6) is -0.124. The predicted octanol–water partition coefficient (Wildman–Crippen LogP) is 0.778. The second kappa shape index (κ2) is 10.2. The van der Waals surface area contributed by atoms with Crippen LogP contribution in [0.3, 0.4) is 0 Å². The molecule has 2 rings (SSSR count). The van der Waals surface area contributed by atoms with E-state index >= 15 is 0 Å². The van der Waals surface area contributed by atoms with E-state index in [-0.39, 0.29) is 31.0 Å². The first kappa shape index (κ1) is 21.2. The van der Waals surface area contributed by atoms with Crippen LogP contribution in [0.4, 0.5) is 4.79 Å². The Morgan fingerprint density at radius 3 is 2.28 bits per heavy atom. The highest BCUT2D eigenvalue weighted by Gasteiger charge is 2.28. The Balaban J connectivity index is 0.00000312. The van der Waals surface area contributed by atoms with E-state index in [1.165, 1.54) is 7.11 Å². The molecule has 25 heavy (non-hydrogen) atoms. The topological polar surface area (TPSA) is 79.1 Å². The van der Waals surface area contributed by atoms with Crippen molar-refractivity contribution in [2.75, 3.05) is 46.9 Å². The van der Waals surface area contributed by atoms with Gasteiger partial charge in [-0.25, -0.2) is 4.79 Å². The molecule has 1 aromatic rings. The van der Waals surface area contributed by atoms with E-state index in [1.807, 2.05) is 30.3 Å². The Labute approximate surface area is 155 Å². The lowest BCUT2D eigenvalue weighted by atomic mass is 10.2. The van der Waals surface area contributed by atoms with Crippen LogP contribution in [0.25, 0.3) is 0 Å². The Morgan fingerprint density at radius 2 is 1.72 bits per heavy atom. The van der Waals surface area contributed by atoms with Crippen molar-refractivity contribution in [1.82, 2.24) is 14.7 Å². The number of halogens is 1. The molecule has 0 bridgehead atoms. The molecule has 2 N–H and O–H groups in total. The summed E-state index contributed by atoms with van der Waals surface area (Å²) in [4.78, 5) is 29.8. The van der Waals surface area contributed by atoms with Crippen LogP contribution >= 0.6 is 12.4 Å². The van der Waals surface area contributed by atoms with Gasteiger partial charge in [-0.05, 0) is 5.56 Å². The third-order valence-corrected chi connectivity index (χ3v) is 4.11. The molecule has 3 amide bonds. The summed E-state index contributed by atoms with van der Waals surface area (Å²) in [7, 11) is 3.31. The molecule has 0 spiro atoms. The third-order valence-electron chi connectivity index (χ3n) is 4.11. The molecule has 7 nitrogen and oxygen atoms in total. The fraction of sp³-hybridized carbons (Fsp3) is 0.529. The van der Waals surface area contributed by atoms with Crippen LogP contribution in [-0.2, 0) is 16.1 Å². The van der Waals surface area contributed by atoms with Crippen LogP contribution in [0.15, 0.2) is 30.3 Å². The number of methoxy groups -OCH3 is 1. The van der Waals surface area contributed by atoms with Crippen LogP contribution in [0.2, 0.25) is 0 Å². The van der Waals surface area contributed by atoms with Gasteiger partial charge < -0.3 is 25.2 Å². The first-order chi connectivity index (χ1) is 11.5. The molecule has 0 saturated carbocycles. The molecule has 0 radical (unpaired) electrons. The summed E-state index contributed by atoms with van der Waals surface area (Å²) in [6, 6.07) is 9.21. The largest absolute Gasteiger partial charge is 0.383 e. The maximum Gasteiger partial charge on any atom is 0.320 e. The van der Waals surface area contributed by atoms with Crippen LogP contribution in [0.1, 0.15) is 5.56 Å². The number of ether oxygens (including phenoxy) is 1. The minimum absolute atomic E-state index is 0. The minimum atomic E-state index is -0.641. The van der Waals surface area contributed by atoms with Crippen molar-refractivity contribution in [3.05, 3.63) is 35.9 Å². The number of nitrogens with zero attached hydrogens (tertiary/aromatic N) is 3. The Hall–Kier alpha value is -1.83. The fourth-order valence-electron chi connectivity index (χ4n) is 2.77. The average molecular weight is 371 g/mol. The van der Waals surface area contributed by atoms with Crippen molar-refractivity contribution in [3.8, 4) is 0 Å². The highest BCUT2D eigenvalue weighted by Crippen LogP contribution is 2.09. The standard InChI is InChI=1S/C17H26N4O3.ClH/c1-19(12-14-6-4-3-5-7-14)17(23)21-10-8-20(9-11-21)16(22)15(18)13-24-2;/h3-7,15H,8-13,18H2,1-2H3;1H. The number of rotatable bonds is 5. The molecule has 1 aromatic carbocycles. The summed E-state index contributed by atoms with van der Waals surface area (Å²) in [6.45, 7) is 2.81. The molecule has 1 saturated heterocycles. The zero-order valence-electron chi connectivity index (χ0n) is 14.8. The molecule has 1 unspecified atom stereocenters. The molecule has 1 atom stereocenters. The number of carbonyl (C=O) groups excluding carboxylic acids is 2. The molecular formula is C17H27ClN4O3. The van der Waals surface area contributed by atoms with Gasteiger partial charge in [0.15, 0.2) is 0 Å². The van der Waals surface area contributed by atoms with Gasteiger partial charge >= 0.3 is 6.03 Å². The first-order valence-electron chi connectivity index (χ1n) is 8.10. The number of carbonyl (C=O) groups is 2. The summed E-state index contributed by atoms with van der Waals surface area (Å²) in [5.41, 5.74) is 6.87. The normalized spacial score (nSPS) is 15.3. The highest BCUT2D eigenvalue weighted by molar-refractivity contribution is 5.85. The number of urea groups is 1. The zero-order valence-corrected chi connectivity index (χ0v) is 15.6. The van der Waals surface area contributed by atoms with Gasteiger partial charge in [0, 0.05) is 46.9 Å². The molecule has 140 valence electrons. The number of piperazine rings is 1. The average Bonchev–Trinajstić information content (AvgIpc) is 2.61. The number of benzene rings is 1. The smallest absolute Gasteiger partial charge is 0.320 e. The van der Waals surface area contributed by atoms with Crippen molar-refractivity contribution in [1.29, 1.82) is 0 Å². The second-order valence-electron chi connectivity index (χ2n) is 6.00. The lowest BCUT2D eigenvalue weighted by Crippen LogP contribution is -2.56. The van der Waals surface area contributed by atoms with E-state index in [4.69, 9.17) is 10.5 Å². The lowest BCUT2D eigenvalue weighted by Gasteiger charge is -2.37. The van der Waals surface area contributed by atoms with E-state index < -0.39 is 6.04 Å². The van der Waals surface area contributed by atoms with E-state index in [0.29, 0.717) is 32.7 Å². The zero-order chi connectivity index (χ0) is 17.5. The van der Waals surface area contributed by atoms with Gasteiger partial charge in [-0.15, -0.1) is 12.4 Å². The molecule has 1 aliphatic heterocycles. The second-order valence-corrected chi connectivity index (χ2v) is 6.00.